The summed E-state index contributed by atoms with van der Waals surface area (Å²) in [5.41, 5.74) is -0.779. The van der Waals surface area contributed by atoms with E-state index in [9.17, 15) is 22.8 Å². The van der Waals surface area contributed by atoms with Gasteiger partial charge in [0, 0.05) is 6.54 Å². The molecule has 1 aromatic carbocycles. The van der Waals surface area contributed by atoms with Gasteiger partial charge in [0.2, 0.25) is 0 Å². The Morgan fingerprint density at radius 1 is 1.27 bits per heavy atom. The summed E-state index contributed by atoms with van der Waals surface area (Å²) >= 11 is 1.28. The van der Waals surface area contributed by atoms with Gasteiger partial charge in [0.1, 0.15) is 0 Å². The van der Waals surface area contributed by atoms with Gasteiger partial charge in [0.25, 0.3) is 11.7 Å². The van der Waals surface area contributed by atoms with Gasteiger partial charge in [0.05, 0.1) is 16.1 Å². The SMILES string of the molecule is CCNC(=O)[C@H](C)OC(=O)c1nc(-c2cccs2)n(-c2cccc(C(F)(F)F)c2)n1. The third-order valence-corrected chi connectivity index (χ3v) is 4.82. The number of benzene rings is 1. The van der Waals surface area contributed by atoms with Crippen LogP contribution >= 0.6 is 11.3 Å². The maximum absolute atomic E-state index is 13.1. The van der Waals surface area contributed by atoms with Crippen molar-refractivity contribution in [1.82, 2.24) is 20.1 Å². The van der Waals surface area contributed by atoms with Crippen molar-refractivity contribution in [3.05, 3.63) is 53.2 Å². The molecule has 1 N–H and O–H groups in total. The molecule has 0 fully saturated rings. The summed E-state index contributed by atoms with van der Waals surface area (Å²) in [4.78, 5) is 29.0. The number of thiophene rings is 1. The molecule has 1 atom stereocenters. The largest absolute Gasteiger partial charge is 0.447 e. The van der Waals surface area contributed by atoms with E-state index in [1.165, 1.54) is 30.4 Å². The van der Waals surface area contributed by atoms with Crippen LogP contribution in [0.2, 0.25) is 0 Å². The number of carbonyl (C=O) groups excluding carboxylic acids is 2. The molecule has 0 aliphatic rings. The smallest absolute Gasteiger partial charge is 0.416 e. The standard InChI is InChI=1S/C19H17F3N4O3S/c1-3-23-17(27)11(2)29-18(28)15-24-16(14-8-5-9-30-14)26(25-15)13-7-4-6-12(10-13)19(20,21)22/h4-11H,3H2,1-2H3,(H,23,27)/t11-/m0/s1. The van der Waals surface area contributed by atoms with E-state index >= 15 is 0 Å². The predicted octanol–water partition coefficient (Wildman–Crippen LogP) is 3.70. The van der Waals surface area contributed by atoms with Crippen LogP contribution < -0.4 is 5.32 Å². The van der Waals surface area contributed by atoms with Gasteiger partial charge in [-0.05, 0) is 43.5 Å². The van der Waals surface area contributed by atoms with Crippen LogP contribution in [0.3, 0.4) is 0 Å². The Labute approximate surface area is 173 Å². The van der Waals surface area contributed by atoms with Crippen molar-refractivity contribution in [1.29, 1.82) is 0 Å². The maximum atomic E-state index is 13.1. The van der Waals surface area contributed by atoms with Crippen molar-refractivity contribution in [2.75, 3.05) is 6.54 Å². The van der Waals surface area contributed by atoms with Crippen LogP contribution in [0.4, 0.5) is 13.2 Å². The lowest BCUT2D eigenvalue weighted by molar-refractivity contribution is -0.137. The molecule has 7 nitrogen and oxygen atoms in total. The number of nitrogens with one attached hydrogen (secondary N) is 1. The first-order chi connectivity index (χ1) is 14.2. The number of amides is 1. The van der Waals surface area contributed by atoms with Gasteiger partial charge in [-0.2, -0.15) is 18.2 Å². The number of carbonyl (C=O) groups is 2. The molecule has 0 saturated heterocycles. The summed E-state index contributed by atoms with van der Waals surface area (Å²) in [6.45, 7) is 3.48. The van der Waals surface area contributed by atoms with Crippen LogP contribution in [0.5, 0.6) is 0 Å². The molecule has 3 rings (SSSR count). The Balaban J connectivity index is 1.99. The van der Waals surface area contributed by atoms with E-state index in [0.717, 1.165) is 16.8 Å². The summed E-state index contributed by atoms with van der Waals surface area (Å²) in [5, 5.41) is 8.34. The van der Waals surface area contributed by atoms with Crippen LogP contribution in [0.25, 0.3) is 16.4 Å². The van der Waals surface area contributed by atoms with Crippen molar-refractivity contribution in [2.45, 2.75) is 26.1 Å². The second-order valence-electron chi connectivity index (χ2n) is 6.14. The lowest BCUT2D eigenvalue weighted by Crippen LogP contribution is -2.35. The predicted molar refractivity (Wildman–Crippen MR) is 103 cm³/mol. The zero-order valence-electron chi connectivity index (χ0n) is 15.9. The highest BCUT2D eigenvalue weighted by Crippen LogP contribution is 2.32. The fraction of sp³-hybridized carbons (Fsp3) is 0.263. The molecule has 1 amide bonds. The second-order valence-corrected chi connectivity index (χ2v) is 7.09. The number of likely N-dealkylation sites (N-methyl/N-ethyl adjacent to an activating group) is 1. The first-order valence-electron chi connectivity index (χ1n) is 8.88. The van der Waals surface area contributed by atoms with Crippen LogP contribution in [-0.4, -0.2) is 39.3 Å². The van der Waals surface area contributed by atoms with E-state index in [0.29, 0.717) is 11.4 Å². The topological polar surface area (TPSA) is 86.1 Å². The molecule has 158 valence electrons. The highest BCUT2D eigenvalue weighted by molar-refractivity contribution is 7.13. The average molecular weight is 438 g/mol. The molecule has 0 radical (unpaired) electrons. The summed E-state index contributed by atoms with van der Waals surface area (Å²) in [6.07, 6.45) is -5.62. The molecule has 3 aromatic rings. The van der Waals surface area contributed by atoms with Gasteiger partial charge in [-0.3, -0.25) is 4.79 Å². The molecule has 11 heteroatoms. The Kier molecular flexibility index (Phi) is 6.20. The van der Waals surface area contributed by atoms with Crippen molar-refractivity contribution in [3.8, 4) is 16.4 Å². The zero-order chi connectivity index (χ0) is 21.9. The van der Waals surface area contributed by atoms with E-state index in [-0.39, 0.29) is 17.3 Å². The van der Waals surface area contributed by atoms with E-state index in [1.807, 2.05) is 0 Å². The van der Waals surface area contributed by atoms with Gasteiger partial charge in [-0.25, -0.2) is 9.48 Å². The summed E-state index contributed by atoms with van der Waals surface area (Å²) in [7, 11) is 0. The van der Waals surface area contributed by atoms with E-state index in [2.05, 4.69) is 15.4 Å². The molecule has 0 aliphatic heterocycles. The lowest BCUT2D eigenvalue weighted by atomic mass is 10.2. The molecular weight excluding hydrogens is 421 g/mol. The van der Waals surface area contributed by atoms with E-state index in [4.69, 9.17) is 4.74 Å². The average Bonchev–Trinajstić information content (AvgIpc) is 3.37. The van der Waals surface area contributed by atoms with Gasteiger partial charge < -0.3 is 10.1 Å². The molecule has 0 unspecified atom stereocenters. The lowest BCUT2D eigenvalue weighted by Gasteiger charge is -2.11. The first kappa shape index (κ1) is 21.5. The minimum atomic E-state index is -4.54. The number of hydrogen-bond donors (Lipinski definition) is 1. The summed E-state index contributed by atoms with van der Waals surface area (Å²) in [6, 6.07) is 7.96. The van der Waals surface area contributed by atoms with Crippen molar-refractivity contribution in [3.63, 3.8) is 0 Å². The monoisotopic (exact) mass is 438 g/mol. The molecular formula is C19H17F3N4O3S. The fourth-order valence-corrected chi connectivity index (χ4v) is 3.24. The minimum absolute atomic E-state index is 0.0801. The number of aromatic nitrogens is 3. The molecule has 0 spiro atoms. The van der Waals surface area contributed by atoms with Crippen molar-refractivity contribution < 1.29 is 27.5 Å². The van der Waals surface area contributed by atoms with Crippen LogP contribution in [-0.2, 0) is 15.7 Å². The Hall–Kier alpha value is -3.21. The van der Waals surface area contributed by atoms with Crippen LogP contribution in [0.1, 0.15) is 30.0 Å². The quantitative estimate of drug-likeness (QED) is 0.593. The van der Waals surface area contributed by atoms with Crippen molar-refractivity contribution in [2.24, 2.45) is 0 Å². The van der Waals surface area contributed by atoms with Gasteiger partial charge in [-0.15, -0.1) is 16.4 Å². The fourth-order valence-electron chi connectivity index (χ4n) is 2.54. The summed E-state index contributed by atoms with van der Waals surface area (Å²) < 4.78 is 45.6. The second kappa shape index (κ2) is 8.66. The molecule has 30 heavy (non-hydrogen) atoms. The van der Waals surface area contributed by atoms with Crippen LogP contribution in [0.15, 0.2) is 41.8 Å². The zero-order valence-corrected chi connectivity index (χ0v) is 16.8. The van der Waals surface area contributed by atoms with Gasteiger partial charge >= 0.3 is 12.1 Å². The molecule has 0 saturated carbocycles. The number of esters is 1. The maximum Gasteiger partial charge on any atom is 0.416 e. The number of halogens is 3. The Morgan fingerprint density at radius 3 is 2.67 bits per heavy atom. The third-order valence-electron chi connectivity index (χ3n) is 3.95. The number of nitrogens with zero attached hydrogens (tertiary/aromatic N) is 3. The Bertz CT molecular complexity index is 1050. The number of alkyl halides is 3. The van der Waals surface area contributed by atoms with Crippen molar-refractivity contribution >= 4 is 23.2 Å². The Morgan fingerprint density at radius 2 is 2.03 bits per heavy atom. The number of hydrogen-bond acceptors (Lipinski definition) is 6. The van der Waals surface area contributed by atoms with Crippen LogP contribution in [0, 0.1) is 0 Å². The molecule has 2 heterocycles. The molecule has 2 aromatic heterocycles. The molecule has 0 bridgehead atoms. The first-order valence-corrected chi connectivity index (χ1v) is 9.76. The van der Waals surface area contributed by atoms with E-state index in [1.54, 1.807) is 24.4 Å². The highest BCUT2D eigenvalue weighted by atomic mass is 32.1. The normalized spacial score (nSPS) is 12.4. The third kappa shape index (κ3) is 4.67. The van der Waals surface area contributed by atoms with Gasteiger partial charge in [-0.1, -0.05) is 12.1 Å². The number of rotatable bonds is 6. The summed E-state index contributed by atoms with van der Waals surface area (Å²) in [5.74, 6) is -1.63. The van der Waals surface area contributed by atoms with E-state index < -0.39 is 29.7 Å². The minimum Gasteiger partial charge on any atom is -0.447 e. The highest BCUT2D eigenvalue weighted by Gasteiger charge is 2.31. The molecule has 0 aliphatic carbocycles. The number of ether oxygens (including phenoxy) is 1. The van der Waals surface area contributed by atoms with Gasteiger partial charge in [0.15, 0.2) is 11.9 Å².